The van der Waals surface area contributed by atoms with Crippen LogP contribution in [0.1, 0.15) is 5.56 Å². The number of nitrogen functional groups attached to an aromatic ring is 1. The molecule has 0 saturated carbocycles. The van der Waals surface area contributed by atoms with E-state index in [4.69, 9.17) is 15.6 Å². The molecule has 2 aromatic rings. The molecule has 0 aliphatic rings. The highest BCUT2D eigenvalue weighted by Crippen LogP contribution is 2.32. The molecule has 0 aliphatic carbocycles. The van der Waals surface area contributed by atoms with Gasteiger partial charge < -0.3 is 15.6 Å². The fourth-order valence-corrected chi connectivity index (χ4v) is 1.44. The third-order valence-electron chi connectivity index (χ3n) is 2.30. The predicted octanol–water partition coefficient (Wildman–Crippen LogP) is 1.25. The molecule has 0 aliphatic heterocycles. The summed E-state index contributed by atoms with van der Waals surface area (Å²) < 4.78 is 5.31. The SMILES string of the molecule is Nc1ncnc(Oc2cccc(CO)c2)c1[N+](=O)[O-]. The Hall–Kier alpha value is -2.74. The Morgan fingerprint density at radius 1 is 1.42 bits per heavy atom. The minimum Gasteiger partial charge on any atom is -0.434 e. The number of ether oxygens (including phenoxy) is 1. The van der Waals surface area contributed by atoms with Crippen molar-refractivity contribution in [1.29, 1.82) is 0 Å². The fraction of sp³-hybridized carbons (Fsp3) is 0.0909. The molecule has 3 N–H and O–H groups in total. The molecule has 0 amide bonds. The number of anilines is 1. The molecule has 0 spiro atoms. The Bertz CT molecular complexity index is 617. The van der Waals surface area contributed by atoms with Gasteiger partial charge >= 0.3 is 11.6 Å². The van der Waals surface area contributed by atoms with Crippen LogP contribution in [-0.2, 0) is 6.61 Å². The Labute approximate surface area is 107 Å². The van der Waals surface area contributed by atoms with Crippen LogP contribution in [0, 0.1) is 10.1 Å². The molecular weight excluding hydrogens is 252 g/mol. The summed E-state index contributed by atoms with van der Waals surface area (Å²) >= 11 is 0. The lowest BCUT2D eigenvalue weighted by Crippen LogP contribution is -2.02. The number of aliphatic hydroxyl groups is 1. The first-order chi connectivity index (χ1) is 9.11. The maximum Gasteiger partial charge on any atom is 0.372 e. The molecule has 0 bridgehead atoms. The van der Waals surface area contributed by atoms with Crippen molar-refractivity contribution >= 4 is 11.5 Å². The Balaban J connectivity index is 2.38. The van der Waals surface area contributed by atoms with Gasteiger partial charge in [-0.05, 0) is 17.7 Å². The summed E-state index contributed by atoms with van der Waals surface area (Å²) in [7, 11) is 0. The van der Waals surface area contributed by atoms with Crippen molar-refractivity contribution in [2.75, 3.05) is 5.73 Å². The van der Waals surface area contributed by atoms with Crippen molar-refractivity contribution < 1.29 is 14.8 Å². The third-order valence-corrected chi connectivity index (χ3v) is 2.30. The molecule has 0 fully saturated rings. The van der Waals surface area contributed by atoms with E-state index >= 15 is 0 Å². The molecule has 98 valence electrons. The molecule has 0 radical (unpaired) electrons. The van der Waals surface area contributed by atoms with E-state index < -0.39 is 10.6 Å². The van der Waals surface area contributed by atoms with Crippen molar-refractivity contribution in [3.8, 4) is 11.6 Å². The molecule has 8 nitrogen and oxygen atoms in total. The van der Waals surface area contributed by atoms with Crippen LogP contribution in [0.15, 0.2) is 30.6 Å². The van der Waals surface area contributed by atoms with E-state index in [-0.39, 0.29) is 18.3 Å². The van der Waals surface area contributed by atoms with Gasteiger partial charge in [-0.15, -0.1) is 0 Å². The van der Waals surface area contributed by atoms with Crippen molar-refractivity contribution in [2.24, 2.45) is 0 Å². The Kier molecular flexibility index (Phi) is 3.53. The van der Waals surface area contributed by atoms with E-state index in [2.05, 4.69) is 9.97 Å². The van der Waals surface area contributed by atoms with Crippen LogP contribution in [0.4, 0.5) is 11.5 Å². The second kappa shape index (κ2) is 5.27. The Morgan fingerprint density at radius 2 is 2.21 bits per heavy atom. The van der Waals surface area contributed by atoms with Crippen molar-refractivity contribution in [3.05, 3.63) is 46.3 Å². The highest BCUT2D eigenvalue weighted by Gasteiger charge is 2.22. The molecule has 1 heterocycles. The molecule has 0 saturated heterocycles. The maximum atomic E-state index is 10.9. The average molecular weight is 262 g/mol. The molecule has 8 heteroatoms. The topological polar surface area (TPSA) is 124 Å². The van der Waals surface area contributed by atoms with E-state index in [1.807, 2.05) is 0 Å². The molecule has 19 heavy (non-hydrogen) atoms. The minimum absolute atomic E-state index is 0.162. The lowest BCUT2D eigenvalue weighted by atomic mass is 10.2. The smallest absolute Gasteiger partial charge is 0.372 e. The molecule has 2 rings (SSSR count). The fourth-order valence-electron chi connectivity index (χ4n) is 1.44. The summed E-state index contributed by atoms with van der Waals surface area (Å²) in [6, 6.07) is 6.47. The van der Waals surface area contributed by atoms with Crippen molar-refractivity contribution in [1.82, 2.24) is 9.97 Å². The number of rotatable bonds is 4. The average Bonchev–Trinajstić information content (AvgIpc) is 2.38. The first kappa shape index (κ1) is 12.7. The second-order valence-electron chi connectivity index (χ2n) is 3.58. The van der Waals surface area contributed by atoms with Crippen LogP contribution in [0.5, 0.6) is 11.6 Å². The summed E-state index contributed by atoms with van der Waals surface area (Å²) in [6.07, 6.45) is 1.08. The monoisotopic (exact) mass is 262 g/mol. The number of nitrogens with zero attached hydrogens (tertiary/aromatic N) is 3. The van der Waals surface area contributed by atoms with E-state index in [0.717, 1.165) is 6.33 Å². The first-order valence-corrected chi connectivity index (χ1v) is 5.24. The van der Waals surface area contributed by atoms with Crippen molar-refractivity contribution in [3.63, 3.8) is 0 Å². The minimum atomic E-state index is -0.708. The van der Waals surface area contributed by atoms with E-state index in [1.54, 1.807) is 24.3 Å². The zero-order valence-corrected chi connectivity index (χ0v) is 9.68. The van der Waals surface area contributed by atoms with Crippen LogP contribution >= 0.6 is 0 Å². The lowest BCUT2D eigenvalue weighted by molar-refractivity contribution is -0.385. The third kappa shape index (κ3) is 2.75. The zero-order valence-electron chi connectivity index (χ0n) is 9.68. The molecule has 1 aromatic heterocycles. The highest BCUT2D eigenvalue weighted by atomic mass is 16.6. The number of aliphatic hydroxyl groups excluding tert-OH is 1. The molecule has 0 atom stereocenters. The largest absolute Gasteiger partial charge is 0.434 e. The summed E-state index contributed by atoms with van der Waals surface area (Å²) in [5.41, 5.74) is 5.54. The highest BCUT2D eigenvalue weighted by molar-refractivity contribution is 5.58. The molecular formula is C11H10N4O4. The number of aromatic nitrogens is 2. The second-order valence-corrected chi connectivity index (χ2v) is 3.58. The van der Waals surface area contributed by atoms with Crippen LogP contribution in [-0.4, -0.2) is 20.0 Å². The van der Waals surface area contributed by atoms with Gasteiger partial charge in [0.05, 0.1) is 11.5 Å². The standard InChI is InChI=1S/C11H10N4O4/c12-10-9(15(17)18)11(14-6-13-10)19-8-3-1-2-7(4-8)5-16/h1-4,6,16H,5H2,(H2,12,13,14). The van der Waals surface area contributed by atoms with Crippen LogP contribution < -0.4 is 10.5 Å². The molecule has 0 unspecified atom stereocenters. The maximum absolute atomic E-state index is 10.9. The summed E-state index contributed by atoms with van der Waals surface area (Å²) in [5.74, 6) is -0.200. The quantitative estimate of drug-likeness (QED) is 0.627. The van der Waals surface area contributed by atoms with Crippen LogP contribution in [0.25, 0.3) is 0 Å². The zero-order chi connectivity index (χ0) is 13.8. The van der Waals surface area contributed by atoms with Gasteiger partial charge in [0.25, 0.3) is 0 Å². The van der Waals surface area contributed by atoms with Crippen molar-refractivity contribution in [2.45, 2.75) is 6.61 Å². The summed E-state index contributed by atoms with van der Waals surface area (Å²) in [4.78, 5) is 17.4. The van der Waals surface area contributed by atoms with Gasteiger partial charge in [0.2, 0.25) is 5.82 Å². The number of nitro groups is 1. The van der Waals surface area contributed by atoms with Gasteiger partial charge in [-0.1, -0.05) is 12.1 Å². The number of hydrogen-bond donors (Lipinski definition) is 2. The van der Waals surface area contributed by atoms with Crippen LogP contribution in [0.2, 0.25) is 0 Å². The first-order valence-electron chi connectivity index (χ1n) is 5.24. The number of benzene rings is 1. The Morgan fingerprint density at radius 3 is 2.89 bits per heavy atom. The lowest BCUT2D eigenvalue weighted by Gasteiger charge is -2.06. The van der Waals surface area contributed by atoms with E-state index in [0.29, 0.717) is 11.3 Å². The number of hydrogen-bond acceptors (Lipinski definition) is 7. The van der Waals surface area contributed by atoms with Gasteiger partial charge in [-0.25, -0.2) is 4.98 Å². The van der Waals surface area contributed by atoms with Gasteiger partial charge in [0.15, 0.2) is 0 Å². The summed E-state index contributed by atoms with van der Waals surface area (Å²) in [5, 5.41) is 19.9. The normalized spacial score (nSPS) is 10.2. The van der Waals surface area contributed by atoms with Crippen LogP contribution in [0.3, 0.4) is 0 Å². The summed E-state index contributed by atoms with van der Waals surface area (Å²) in [6.45, 7) is -0.162. The van der Waals surface area contributed by atoms with Gasteiger partial charge in [0.1, 0.15) is 12.1 Å². The van der Waals surface area contributed by atoms with E-state index in [9.17, 15) is 10.1 Å². The molecule has 1 aromatic carbocycles. The predicted molar refractivity (Wildman–Crippen MR) is 65.5 cm³/mol. The van der Waals surface area contributed by atoms with E-state index in [1.165, 1.54) is 0 Å². The van der Waals surface area contributed by atoms with Gasteiger partial charge in [-0.2, -0.15) is 4.98 Å². The van der Waals surface area contributed by atoms with Gasteiger partial charge in [-0.3, -0.25) is 10.1 Å². The number of nitrogens with two attached hydrogens (primary N) is 1. The van der Waals surface area contributed by atoms with Gasteiger partial charge in [0, 0.05) is 0 Å².